The molecule has 1 fully saturated rings. The van der Waals surface area contributed by atoms with Gasteiger partial charge in [0.25, 0.3) is 0 Å². The van der Waals surface area contributed by atoms with Crippen molar-refractivity contribution in [3.63, 3.8) is 0 Å². The molecule has 0 aromatic heterocycles. The molecule has 0 radical (unpaired) electrons. The monoisotopic (exact) mass is 373 g/mol. The lowest BCUT2D eigenvalue weighted by atomic mass is 9.84. The molecule has 0 saturated heterocycles. The molecule has 0 bridgehead atoms. The van der Waals surface area contributed by atoms with Crippen LogP contribution in [0.4, 0.5) is 5.69 Å². The zero-order valence-corrected chi connectivity index (χ0v) is 14.8. The topological polar surface area (TPSA) is 38.3 Å². The molecule has 1 aliphatic carbocycles. The number of esters is 1. The van der Waals surface area contributed by atoms with Crippen molar-refractivity contribution in [1.82, 2.24) is 0 Å². The standard InChI is InChI=1S/C16H21BrClNO2/c1-3-21-15(20)16(2,11-6-4-5-7-11)19-12-8-9-14(18)13(17)10-12/h8-11,19H,3-7H2,1-2H3. The third kappa shape index (κ3) is 3.72. The number of halogens is 2. The Hall–Kier alpha value is -0.740. The molecule has 1 atom stereocenters. The summed E-state index contributed by atoms with van der Waals surface area (Å²) >= 11 is 9.44. The fourth-order valence-corrected chi connectivity index (χ4v) is 3.47. The lowest BCUT2D eigenvalue weighted by molar-refractivity contribution is -0.150. The summed E-state index contributed by atoms with van der Waals surface area (Å²) in [7, 11) is 0. The molecular formula is C16H21BrClNO2. The van der Waals surface area contributed by atoms with E-state index >= 15 is 0 Å². The highest BCUT2D eigenvalue weighted by atomic mass is 79.9. The Morgan fingerprint density at radius 3 is 2.71 bits per heavy atom. The van der Waals surface area contributed by atoms with Crippen LogP contribution in [-0.2, 0) is 9.53 Å². The number of nitrogens with one attached hydrogen (secondary N) is 1. The van der Waals surface area contributed by atoms with E-state index in [0.29, 0.717) is 17.5 Å². The first kappa shape index (κ1) is 16.6. The SMILES string of the molecule is CCOC(=O)C(C)(Nc1ccc(Cl)c(Br)c1)C1CCCC1. The summed E-state index contributed by atoms with van der Waals surface area (Å²) in [4.78, 5) is 12.5. The third-order valence-electron chi connectivity index (χ3n) is 4.19. The minimum atomic E-state index is -0.695. The summed E-state index contributed by atoms with van der Waals surface area (Å²) in [5, 5.41) is 4.04. The van der Waals surface area contributed by atoms with Crippen molar-refractivity contribution >= 4 is 39.2 Å². The number of benzene rings is 1. The quantitative estimate of drug-likeness (QED) is 0.735. The van der Waals surface area contributed by atoms with Crippen molar-refractivity contribution < 1.29 is 9.53 Å². The number of hydrogen-bond acceptors (Lipinski definition) is 3. The lowest BCUT2D eigenvalue weighted by Crippen LogP contribution is -2.50. The van der Waals surface area contributed by atoms with Gasteiger partial charge in [-0.25, -0.2) is 4.79 Å². The molecule has 0 aliphatic heterocycles. The van der Waals surface area contributed by atoms with Gasteiger partial charge in [0.15, 0.2) is 0 Å². The Balaban J connectivity index is 2.26. The van der Waals surface area contributed by atoms with Crippen LogP contribution >= 0.6 is 27.5 Å². The van der Waals surface area contributed by atoms with Crippen LogP contribution in [0.25, 0.3) is 0 Å². The predicted octanol–water partition coefficient (Wildman–Crippen LogP) is 5.03. The normalized spacial score (nSPS) is 18.3. The maximum absolute atomic E-state index is 12.5. The second-order valence-electron chi connectivity index (χ2n) is 5.66. The fourth-order valence-electron chi connectivity index (χ4n) is 2.98. The van der Waals surface area contributed by atoms with Gasteiger partial charge in [-0.05, 0) is 66.7 Å². The van der Waals surface area contributed by atoms with Crippen LogP contribution in [0.2, 0.25) is 5.02 Å². The smallest absolute Gasteiger partial charge is 0.331 e. The Morgan fingerprint density at radius 1 is 1.48 bits per heavy atom. The van der Waals surface area contributed by atoms with Gasteiger partial charge in [-0.1, -0.05) is 24.4 Å². The van der Waals surface area contributed by atoms with Gasteiger partial charge in [-0.3, -0.25) is 0 Å². The van der Waals surface area contributed by atoms with E-state index < -0.39 is 5.54 Å². The minimum Gasteiger partial charge on any atom is -0.464 e. The first-order valence-electron chi connectivity index (χ1n) is 7.38. The fraction of sp³-hybridized carbons (Fsp3) is 0.562. The maximum atomic E-state index is 12.5. The zero-order valence-electron chi connectivity index (χ0n) is 12.4. The van der Waals surface area contributed by atoms with Gasteiger partial charge in [0.1, 0.15) is 5.54 Å². The summed E-state index contributed by atoms with van der Waals surface area (Å²) in [5.74, 6) is 0.119. The van der Waals surface area contributed by atoms with E-state index in [-0.39, 0.29) is 5.97 Å². The number of carbonyl (C=O) groups is 1. The van der Waals surface area contributed by atoms with E-state index in [2.05, 4.69) is 21.2 Å². The van der Waals surface area contributed by atoms with Gasteiger partial charge in [0.2, 0.25) is 0 Å². The number of hydrogen-bond donors (Lipinski definition) is 1. The average Bonchev–Trinajstić information content (AvgIpc) is 2.98. The summed E-state index contributed by atoms with van der Waals surface area (Å²) in [6.07, 6.45) is 4.45. The Kier molecular flexibility index (Phi) is 5.55. The molecule has 1 unspecified atom stereocenters. The molecule has 0 spiro atoms. The largest absolute Gasteiger partial charge is 0.464 e. The van der Waals surface area contributed by atoms with Crippen molar-refractivity contribution in [2.75, 3.05) is 11.9 Å². The summed E-state index contributed by atoms with van der Waals surface area (Å²) in [6.45, 7) is 4.18. The lowest BCUT2D eigenvalue weighted by Gasteiger charge is -2.35. The van der Waals surface area contributed by atoms with E-state index in [9.17, 15) is 4.79 Å². The van der Waals surface area contributed by atoms with E-state index in [1.807, 2.05) is 32.0 Å². The summed E-state index contributed by atoms with van der Waals surface area (Å²) < 4.78 is 6.12. The minimum absolute atomic E-state index is 0.178. The molecule has 2 rings (SSSR count). The Bertz CT molecular complexity index is 517. The number of ether oxygens (including phenoxy) is 1. The van der Waals surface area contributed by atoms with Crippen LogP contribution in [0.3, 0.4) is 0 Å². The van der Waals surface area contributed by atoms with Gasteiger partial charge in [-0.2, -0.15) is 0 Å². The van der Waals surface area contributed by atoms with E-state index in [4.69, 9.17) is 16.3 Å². The van der Waals surface area contributed by atoms with Crippen molar-refractivity contribution in [3.8, 4) is 0 Å². The first-order valence-corrected chi connectivity index (χ1v) is 8.55. The van der Waals surface area contributed by atoms with Crippen LogP contribution in [0.1, 0.15) is 39.5 Å². The number of rotatable bonds is 5. The third-order valence-corrected chi connectivity index (χ3v) is 5.41. The van der Waals surface area contributed by atoms with Gasteiger partial charge < -0.3 is 10.1 Å². The second kappa shape index (κ2) is 7.01. The molecule has 1 N–H and O–H groups in total. The predicted molar refractivity (Wildman–Crippen MR) is 89.8 cm³/mol. The molecule has 1 aliphatic rings. The van der Waals surface area contributed by atoms with Crippen LogP contribution in [0.15, 0.2) is 22.7 Å². The van der Waals surface area contributed by atoms with Gasteiger partial charge in [0.05, 0.1) is 11.6 Å². The first-order chi connectivity index (χ1) is 9.97. The van der Waals surface area contributed by atoms with Crippen molar-refractivity contribution in [3.05, 3.63) is 27.7 Å². The molecule has 1 saturated carbocycles. The molecule has 21 heavy (non-hydrogen) atoms. The summed E-state index contributed by atoms with van der Waals surface area (Å²) in [5.41, 5.74) is 0.175. The molecule has 116 valence electrons. The molecule has 1 aromatic carbocycles. The van der Waals surface area contributed by atoms with Gasteiger partial charge in [-0.15, -0.1) is 0 Å². The maximum Gasteiger partial charge on any atom is 0.331 e. The molecule has 3 nitrogen and oxygen atoms in total. The Labute approximate surface area is 139 Å². The highest BCUT2D eigenvalue weighted by Gasteiger charge is 2.43. The molecular weight excluding hydrogens is 354 g/mol. The van der Waals surface area contributed by atoms with E-state index in [1.165, 1.54) is 12.8 Å². The Morgan fingerprint density at radius 2 is 2.14 bits per heavy atom. The molecule has 1 aromatic rings. The van der Waals surface area contributed by atoms with E-state index in [1.54, 1.807) is 0 Å². The van der Waals surface area contributed by atoms with Crippen molar-refractivity contribution in [2.45, 2.75) is 45.1 Å². The van der Waals surface area contributed by atoms with Crippen LogP contribution in [-0.4, -0.2) is 18.1 Å². The average molecular weight is 375 g/mol. The number of anilines is 1. The van der Waals surface area contributed by atoms with Crippen LogP contribution in [0, 0.1) is 5.92 Å². The number of carbonyl (C=O) groups excluding carboxylic acids is 1. The second-order valence-corrected chi connectivity index (χ2v) is 6.92. The van der Waals surface area contributed by atoms with Crippen molar-refractivity contribution in [1.29, 1.82) is 0 Å². The highest BCUT2D eigenvalue weighted by molar-refractivity contribution is 9.10. The van der Waals surface area contributed by atoms with Gasteiger partial charge >= 0.3 is 5.97 Å². The highest BCUT2D eigenvalue weighted by Crippen LogP contribution is 2.38. The van der Waals surface area contributed by atoms with E-state index in [0.717, 1.165) is 23.0 Å². The van der Waals surface area contributed by atoms with Crippen LogP contribution in [0.5, 0.6) is 0 Å². The molecule has 5 heteroatoms. The zero-order chi connectivity index (χ0) is 15.5. The summed E-state index contributed by atoms with van der Waals surface area (Å²) in [6, 6.07) is 5.60. The van der Waals surface area contributed by atoms with Crippen molar-refractivity contribution in [2.24, 2.45) is 5.92 Å². The van der Waals surface area contributed by atoms with Crippen LogP contribution < -0.4 is 5.32 Å². The molecule has 0 heterocycles. The molecule has 0 amide bonds. The van der Waals surface area contributed by atoms with Gasteiger partial charge in [0, 0.05) is 10.2 Å².